The first kappa shape index (κ1) is 21.0. The summed E-state index contributed by atoms with van der Waals surface area (Å²) in [6, 6.07) is 23.2. The molecule has 0 aliphatic carbocycles. The molecule has 0 fully saturated rings. The molecule has 5 heteroatoms. The summed E-state index contributed by atoms with van der Waals surface area (Å²) < 4.78 is 11.2. The van der Waals surface area contributed by atoms with Crippen LogP contribution in [0.4, 0.5) is 0 Å². The minimum absolute atomic E-state index is 0.179. The molecule has 0 aliphatic heterocycles. The normalized spacial score (nSPS) is 11.0. The van der Waals surface area contributed by atoms with Crippen molar-refractivity contribution in [3.05, 3.63) is 90.5 Å². The summed E-state index contributed by atoms with van der Waals surface area (Å²) in [7, 11) is 0. The first-order valence-corrected chi connectivity index (χ1v) is 10.2. The van der Waals surface area contributed by atoms with Crippen LogP contribution in [0.15, 0.2) is 84.9 Å². The van der Waals surface area contributed by atoms with Crippen LogP contribution < -0.4 is 4.74 Å². The molecule has 0 amide bonds. The summed E-state index contributed by atoms with van der Waals surface area (Å²) in [4.78, 5) is 11.5. The molecule has 0 bridgehead atoms. The predicted octanol–water partition coefficient (Wildman–Crippen LogP) is 6.29. The van der Waals surface area contributed by atoms with Gasteiger partial charge in [-0.25, -0.2) is 4.79 Å². The van der Waals surface area contributed by atoms with E-state index in [1.54, 1.807) is 37.3 Å². The molecule has 0 aliphatic rings. The number of hydrogen-bond donors (Lipinski definition) is 2. The smallest absolute Gasteiger partial charge is 0.330 e. The zero-order chi connectivity index (χ0) is 22.5. The maximum Gasteiger partial charge on any atom is 0.330 e. The van der Waals surface area contributed by atoms with Crippen molar-refractivity contribution >= 4 is 22.8 Å². The van der Waals surface area contributed by atoms with Crippen molar-refractivity contribution in [3.63, 3.8) is 0 Å². The molecule has 32 heavy (non-hydrogen) atoms. The maximum atomic E-state index is 11.5. The van der Waals surface area contributed by atoms with Crippen LogP contribution in [0.25, 0.3) is 28.0 Å². The number of carbonyl (C=O) groups excluding carboxylic acids is 1. The Morgan fingerprint density at radius 3 is 2.31 bits per heavy atom. The average molecular weight is 426 g/mol. The molecule has 0 aromatic heterocycles. The number of benzene rings is 4. The van der Waals surface area contributed by atoms with Gasteiger partial charge in [-0.3, -0.25) is 0 Å². The Kier molecular flexibility index (Phi) is 6.08. The molecule has 4 aromatic rings. The number of aromatic hydroxyl groups is 2. The van der Waals surface area contributed by atoms with Gasteiger partial charge < -0.3 is 19.7 Å². The summed E-state index contributed by atoms with van der Waals surface area (Å²) in [5, 5.41) is 21.2. The van der Waals surface area contributed by atoms with Crippen LogP contribution in [0.5, 0.6) is 23.0 Å². The molecule has 4 aromatic carbocycles. The van der Waals surface area contributed by atoms with Crippen LogP contribution in [0.1, 0.15) is 12.5 Å². The molecule has 0 spiro atoms. The number of phenolic OH excluding ortho intramolecular Hbond substituents is 2. The molecule has 0 radical (unpaired) electrons. The fourth-order valence-corrected chi connectivity index (χ4v) is 3.39. The van der Waals surface area contributed by atoms with Gasteiger partial charge in [-0.05, 0) is 78.0 Å². The second-order valence-corrected chi connectivity index (χ2v) is 7.15. The van der Waals surface area contributed by atoms with Crippen molar-refractivity contribution in [3.8, 4) is 34.1 Å². The largest absolute Gasteiger partial charge is 0.508 e. The van der Waals surface area contributed by atoms with Crippen LogP contribution in [0, 0.1) is 0 Å². The van der Waals surface area contributed by atoms with Gasteiger partial charge in [0, 0.05) is 17.0 Å². The van der Waals surface area contributed by atoms with E-state index in [0.717, 1.165) is 27.5 Å². The van der Waals surface area contributed by atoms with Gasteiger partial charge >= 0.3 is 5.97 Å². The van der Waals surface area contributed by atoms with E-state index in [2.05, 4.69) is 0 Å². The second-order valence-electron chi connectivity index (χ2n) is 7.15. The van der Waals surface area contributed by atoms with Gasteiger partial charge in [-0.2, -0.15) is 0 Å². The van der Waals surface area contributed by atoms with Gasteiger partial charge in [0.05, 0.1) is 6.61 Å². The molecule has 0 heterocycles. The van der Waals surface area contributed by atoms with Crippen LogP contribution in [-0.4, -0.2) is 22.8 Å². The van der Waals surface area contributed by atoms with Crippen molar-refractivity contribution in [2.75, 3.05) is 6.61 Å². The molecular weight excluding hydrogens is 404 g/mol. The zero-order valence-electron chi connectivity index (χ0n) is 17.5. The molecule has 0 unspecified atom stereocenters. The van der Waals surface area contributed by atoms with Crippen molar-refractivity contribution in [1.82, 2.24) is 0 Å². The topological polar surface area (TPSA) is 76.0 Å². The molecule has 4 rings (SSSR count). The third-order valence-electron chi connectivity index (χ3n) is 4.93. The standard InChI is InChI=1S/C27H22O5/c1-2-31-26(30)16-5-18-3-12-23(13-4-18)32-27-24(19-6-9-21(28)10-7-19)14-8-20-17-22(29)11-15-25(20)27/h3-17,28-29H,2H2,1H3. The lowest BCUT2D eigenvalue weighted by molar-refractivity contribution is -0.137. The fourth-order valence-electron chi connectivity index (χ4n) is 3.39. The van der Waals surface area contributed by atoms with Crippen LogP contribution in [0.2, 0.25) is 0 Å². The Morgan fingerprint density at radius 1 is 0.875 bits per heavy atom. The van der Waals surface area contributed by atoms with Gasteiger partial charge in [-0.1, -0.05) is 30.3 Å². The van der Waals surface area contributed by atoms with E-state index in [9.17, 15) is 15.0 Å². The van der Waals surface area contributed by atoms with E-state index < -0.39 is 0 Å². The molecule has 160 valence electrons. The summed E-state index contributed by atoms with van der Waals surface area (Å²) >= 11 is 0. The van der Waals surface area contributed by atoms with Gasteiger partial charge in [0.15, 0.2) is 0 Å². The third kappa shape index (κ3) is 4.73. The highest BCUT2D eigenvalue weighted by Gasteiger charge is 2.13. The Balaban J connectivity index is 1.70. The van der Waals surface area contributed by atoms with Crippen molar-refractivity contribution in [1.29, 1.82) is 0 Å². The highest BCUT2D eigenvalue weighted by Crippen LogP contribution is 2.40. The number of fused-ring (bicyclic) bond motifs is 1. The summed E-state index contributed by atoms with van der Waals surface area (Å²) in [6.45, 7) is 2.10. The van der Waals surface area contributed by atoms with Gasteiger partial charge in [-0.15, -0.1) is 0 Å². The SMILES string of the molecule is CCOC(=O)C=Cc1ccc(Oc2c(-c3ccc(O)cc3)ccc3cc(O)ccc23)cc1. The quantitative estimate of drug-likeness (QED) is 0.280. The van der Waals surface area contributed by atoms with Crippen LogP contribution >= 0.6 is 0 Å². The third-order valence-corrected chi connectivity index (χ3v) is 4.93. The first-order chi connectivity index (χ1) is 15.5. The van der Waals surface area contributed by atoms with Gasteiger partial charge in [0.25, 0.3) is 0 Å². The van der Waals surface area contributed by atoms with E-state index in [4.69, 9.17) is 9.47 Å². The number of esters is 1. The number of phenols is 2. The summed E-state index contributed by atoms with van der Waals surface area (Å²) in [5.74, 6) is 1.25. The van der Waals surface area contributed by atoms with Crippen LogP contribution in [0.3, 0.4) is 0 Å². The number of hydrogen-bond acceptors (Lipinski definition) is 5. The van der Waals surface area contributed by atoms with Crippen LogP contribution in [-0.2, 0) is 9.53 Å². The molecule has 2 N–H and O–H groups in total. The minimum Gasteiger partial charge on any atom is -0.508 e. The Labute approximate surface area is 185 Å². The van der Waals surface area contributed by atoms with E-state index in [1.807, 2.05) is 54.6 Å². The molecule has 5 nitrogen and oxygen atoms in total. The Bertz CT molecular complexity index is 1270. The lowest BCUT2D eigenvalue weighted by Crippen LogP contribution is -1.98. The summed E-state index contributed by atoms with van der Waals surface area (Å²) in [5.41, 5.74) is 2.59. The van der Waals surface area contributed by atoms with Gasteiger partial charge in [0.2, 0.25) is 0 Å². The van der Waals surface area contributed by atoms with E-state index in [-0.39, 0.29) is 17.5 Å². The molecular formula is C27H22O5. The number of ether oxygens (including phenoxy) is 2. The van der Waals surface area contributed by atoms with E-state index in [0.29, 0.717) is 18.1 Å². The van der Waals surface area contributed by atoms with Gasteiger partial charge in [0.1, 0.15) is 23.0 Å². The maximum absolute atomic E-state index is 11.5. The highest BCUT2D eigenvalue weighted by atomic mass is 16.5. The molecule has 0 atom stereocenters. The molecule has 0 saturated carbocycles. The monoisotopic (exact) mass is 426 g/mol. The predicted molar refractivity (Wildman–Crippen MR) is 125 cm³/mol. The Morgan fingerprint density at radius 2 is 1.59 bits per heavy atom. The first-order valence-electron chi connectivity index (χ1n) is 10.2. The summed E-state index contributed by atoms with van der Waals surface area (Å²) in [6.07, 6.45) is 3.07. The lowest BCUT2D eigenvalue weighted by atomic mass is 9.99. The second kappa shape index (κ2) is 9.27. The fraction of sp³-hybridized carbons (Fsp3) is 0.0741. The van der Waals surface area contributed by atoms with E-state index >= 15 is 0 Å². The average Bonchev–Trinajstić information content (AvgIpc) is 2.79. The molecule has 0 saturated heterocycles. The van der Waals surface area contributed by atoms with Crippen molar-refractivity contribution < 1.29 is 24.5 Å². The lowest BCUT2D eigenvalue weighted by Gasteiger charge is -2.15. The Hall–Kier alpha value is -4.25. The van der Waals surface area contributed by atoms with Crippen molar-refractivity contribution in [2.45, 2.75) is 6.92 Å². The van der Waals surface area contributed by atoms with Crippen molar-refractivity contribution in [2.24, 2.45) is 0 Å². The highest BCUT2D eigenvalue weighted by molar-refractivity contribution is 5.96. The number of carbonyl (C=O) groups is 1. The zero-order valence-corrected chi connectivity index (χ0v) is 17.5. The minimum atomic E-state index is -0.384. The van der Waals surface area contributed by atoms with E-state index in [1.165, 1.54) is 6.08 Å². The number of rotatable bonds is 6.